The summed E-state index contributed by atoms with van der Waals surface area (Å²) in [4.78, 5) is 16.7. The zero-order valence-corrected chi connectivity index (χ0v) is 25.0. The molecule has 1 aliphatic carbocycles. The first-order chi connectivity index (χ1) is 19.7. The zero-order chi connectivity index (χ0) is 29.0. The lowest BCUT2D eigenvalue weighted by Crippen LogP contribution is -2.19. The van der Waals surface area contributed by atoms with Crippen LogP contribution in [0, 0.1) is 11.8 Å². The van der Waals surface area contributed by atoms with E-state index in [1.165, 1.54) is 5.56 Å². The number of rotatable bonds is 12. The Morgan fingerprint density at radius 3 is 2.59 bits per heavy atom. The molecule has 3 aromatic carbocycles. The molecule has 1 heterocycles. The molecule has 1 aliphatic rings. The van der Waals surface area contributed by atoms with Gasteiger partial charge in [0.05, 0.1) is 22.7 Å². The van der Waals surface area contributed by atoms with E-state index >= 15 is 0 Å². The lowest BCUT2D eigenvalue weighted by Gasteiger charge is -2.24. The number of hydrogen-bond acceptors (Lipinski definition) is 4. The van der Waals surface area contributed by atoms with Crippen molar-refractivity contribution in [3.05, 3.63) is 112 Å². The number of benzene rings is 3. The second kappa shape index (κ2) is 12.8. The Morgan fingerprint density at radius 1 is 1.05 bits per heavy atom. The van der Waals surface area contributed by atoms with E-state index in [9.17, 15) is 15.0 Å². The fourth-order valence-corrected chi connectivity index (χ4v) is 6.98. The summed E-state index contributed by atoms with van der Waals surface area (Å²) in [6.45, 7) is 3.64. The second-order valence-corrected chi connectivity index (χ2v) is 13.1. The molecule has 1 saturated carbocycles. The molecular weight excluding hydrogens is 550 g/mol. The van der Waals surface area contributed by atoms with Crippen LogP contribution < -0.4 is 0 Å². The number of pyridine rings is 1. The highest BCUT2D eigenvalue weighted by Crippen LogP contribution is 2.42. The highest BCUT2D eigenvalue weighted by atomic mass is 35.5. The van der Waals surface area contributed by atoms with E-state index in [0.717, 1.165) is 59.0 Å². The number of aliphatic hydroxyl groups is 1. The standard InChI is InChI=1S/C35H36ClNO3S/c1-35(2,40)31-9-4-3-7-25(31)15-19-33(41-22-30(34(38)39)24-11-12-24)27-8-5-6-23(20-27)10-17-29-18-14-26-13-16-28(36)21-32(26)37-29/h3-10,13-14,16-18,20-21,24,30,33,40H,11-12,15,19,22H2,1-2H3,(H,38,39)/t30?,33-/m1/s1. The number of fused-ring (bicyclic) bond motifs is 1. The Hall–Kier alpha value is -3.12. The second-order valence-electron chi connectivity index (χ2n) is 11.4. The van der Waals surface area contributed by atoms with E-state index in [0.29, 0.717) is 16.7 Å². The molecule has 2 atom stereocenters. The van der Waals surface area contributed by atoms with Crippen molar-refractivity contribution in [3.63, 3.8) is 0 Å². The molecule has 0 amide bonds. The van der Waals surface area contributed by atoms with Crippen molar-refractivity contribution in [2.45, 2.75) is 50.4 Å². The summed E-state index contributed by atoms with van der Waals surface area (Å²) in [5.74, 6) is -0.0922. The minimum Gasteiger partial charge on any atom is -0.481 e. The minimum atomic E-state index is -0.924. The molecular formula is C35H36ClNO3S. The van der Waals surface area contributed by atoms with Crippen molar-refractivity contribution >= 4 is 52.4 Å². The summed E-state index contributed by atoms with van der Waals surface area (Å²) in [5.41, 5.74) is 5.10. The number of aryl methyl sites for hydroxylation is 1. The number of hydrogen-bond donors (Lipinski definition) is 2. The average Bonchev–Trinajstić information content (AvgIpc) is 3.78. The summed E-state index contributed by atoms with van der Waals surface area (Å²) in [7, 11) is 0. The van der Waals surface area contributed by atoms with E-state index in [1.807, 2.05) is 68.5 Å². The van der Waals surface area contributed by atoms with Crippen molar-refractivity contribution < 1.29 is 15.0 Å². The van der Waals surface area contributed by atoms with Gasteiger partial charge in [0.25, 0.3) is 0 Å². The topological polar surface area (TPSA) is 70.4 Å². The van der Waals surface area contributed by atoms with Gasteiger partial charge in [0, 0.05) is 21.4 Å². The first-order valence-corrected chi connectivity index (χ1v) is 15.6. The molecule has 0 spiro atoms. The Labute approximate surface area is 251 Å². The van der Waals surface area contributed by atoms with E-state index < -0.39 is 11.6 Å². The molecule has 1 fully saturated rings. The van der Waals surface area contributed by atoms with Gasteiger partial charge < -0.3 is 10.2 Å². The maximum Gasteiger partial charge on any atom is 0.307 e. The highest BCUT2D eigenvalue weighted by molar-refractivity contribution is 7.99. The summed E-state index contributed by atoms with van der Waals surface area (Å²) in [6, 6.07) is 26.3. The number of aliphatic carboxylic acids is 1. The summed E-state index contributed by atoms with van der Waals surface area (Å²) < 4.78 is 0. The van der Waals surface area contributed by atoms with Gasteiger partial charge in [-0.25, -0.2) is 4.98 Å². The van der Waals surface area contributed by atoms with Gasteiger partial charge in [0.15, 0.2) is 0 Å². The molecule has 4 nitrogen and oxygen atoms in total. The van der Waals surface area contributed by atoms with Gasteiger partial charge in [-0.15, -0.1) is 0 Å². The van der Waals surface area contributed by atoms with Gasteiger partial charge in [-0.2, -0.15) is 11.8 Å². The van der Waals surface area contributed by atoms with Gasteiger partial charge >= 0.3 is 5.97 Å². The van der Waals surface area contributed by atoms with Gasteiger partial charge in [0.2, 0.25) is 0 Å². The number of thioether (sulfide) groups is 1. The third-order valence-electron chi connectivity index (χ3n) is 7.74. The van der Waals surface area contributed by atoms with E-state index in [4.69, 9.17) is 16.6 Å². The molecule has 2 N–H and O–H groups in total. The lowest BCUT2D eigenvalue weighted by atomic mass is 9.90. The van der Waals surface area contributed by atoms with Crippen LogP contribution in [-0.2, 0) is 16.8 Å². The van der Waals surface area contributed by atoms with E-state index in [2.05, 4.69) is 36.4 Å². The first-order valence-electron chi connectivity index (χ1n) is 14.2. The first kappa shape index (κ1) is 29.4. The van der Waals surface area contributed by atoms with Crippen molar-refractivity contribution in [1.29, 1.82) is 0 Å². The molecule has 1 unspecified atom stereocenters. The van der Waals surface area contributed by atoms with Crippen molar-refractivity contribution in [3.8, 4) is 0 Å². The lowest BCUT2D eigenvalue weighted by molar-refractivity contribution is -0.141. The average molecular weight is 586 g/mol. The van der Waals surface area contributed by atoms with Crippen LogP contribution >= 0.6 is 23.4 Å². The quantitative estimate of drug-likeness (QED) is 0.174. The van der Waals surface area contributed by atoms with Crippen LogP contribution in [0.4, 0.5) is 0 Å². The highest BCUT2D eigenvalue weighted by Gasteiger charge is 2.36. The van der Waals surface area contributed by atoms with Crippen LogP contribution in [0.25, 0.3) is 23.1 Å². The van der Waals surface area contributed by atoms with Crippen molar-refractivity contribution in [2.24, 2.45) is 11.8 Å². The fraction of sp³-hybridized carbons (Fsp3) is 0.314. The maximum atomic E-state index is 12.0. The Bertz CT molecular complexity index is 1560. The number of carboxylic acids is 1. The van der Waals surface area contributed by atoms with E-state index in [-0.39, 0.29) is 11.2 Å². The molecule has 212 valence electrons. The van der Waals surface area contributed by atoms with Gasteiger partial charge in [-0.05, 0) is 92.0 Å². The predicted molar refractivity (Wildman–Crippen MR) is 171 cm³/mol. The molecule has 6 heteroatoms. The minimum absolute atomic E-state index is 0.125. The Balaban J connectivity index is 1.38. The van der Waals surface area contributed by atoms with Crippen LogP contribution in [0.15, 0.2) is 78.9 Å². The zero-order valence-electron chi connectivity index (χ0n) is 23.5. The molecule has 0 aliphatic heterocycles. The third kappa shape index (κ3) is 7.79. The maximum absolute atomic E-state index is 12.0. The predicted octanol–water partition coefficient (Wildman–Crippen LogP) is 8.80. The Morgan fingerprint density at radius 2 is 1.83 bits per heavy atom. The molecule has 4 aromatic rings. The number of nitrogens with zero attached hydrogens (tertiary/aromatic N) is 1. The fourth-order valence-electron chi connectivity index (χ4n) is 5.34. The number of carbonyl (C=O) groups is 1. The SMILES string of the molecule is CC(C)(O)c1ccccc1CC[C@@H](SCC(C(=O)O)C1CC1)c1cccc(C=Cc2ccc3ccc(Cl)cc3n2)c1. The molecule has 5 rings (SSSR count). The number of carboxylic acid groups (broad SMARTS) is 1. The van der Waals surface area contributed by atoms with Crippen LogP contribution in [0.5, 0.6) is 0 Å². The third-order valence-corrected chi connectivity index (χ3v) is 9.44. The largest absolute Gasteiger partial charge is 0.481 e. The van der Waals surface area contributed by atoms with Gasteiger partial charge in [0.1, 0.15) is 0 Å². The normalized spacial score (nSPS) is 15.3. The summed E-state index contributed by atoms with van der Waals surface area (Å²) in [5, 5.41) is 22.4. The van der Waals surface area contributed by atoms with E-state index in [1.54, 1.807) is 11.8 Å². The van der Waals surface area contributed by atoms with Crippen LogP contribution in [0.2, 0.25) is 5.02 Å². The van der Waals surface area contributed by atoms with Gasteiger partial charge in [-0.3, -0.25) is 4.79 Å². The smallest absolute Gasteiger partial charge is 0.307 e. The van der Waals surface area contributed by atoms with Crippen LogP contribution in [0.1, 0.15) is 66.3 Å². The van der Waals surface area contributed by atoms with Gasteiger partial charge in [-0.1, -0.05) is 78.3 Å². The monoisotopic (exact) mass is 585 g/mol. The number of halogens is 1. The van der Waals surface area contributed by atoms with Crippen LogP contribution in [0.3, 0.4) is 0 Å². The molecule has 0 saturated heterocycles. The summed E-state index contributed by atoms with van der Waals surface area (Å²) in [6.07, 6.45) is 7.73. The molecule has 1 aromatic heterocycles. The van der Waals surface area contributed by atoms with Crippen molar-refractivity contribution in [1.82, 2.24) is 4.98 Å². The van der Waals surface area contributed by atoms with Crippen LogP contribution in [-0.4, -0.2) is 26.9 Å². The molecule has 0 radical (unpaired) electrons. The van der Waals surface area contributed by atoms with Crippen molar-refractivity contribution in [2.75, 3.05) is 5.75 Å². The molecule has 0 bridgehead atoms. The number of aromatic nitrogens is 1. The molecule has 41 heavy (non-hydrogen) atoms. The summed E-state index contributed by atoms with van der Waals surface area (Å²) >= 11 is 7.91. The Kier molecular flexibility index (Phi) is 9.18.